The van der Waals surface area contributed by atoms with Gasteiger partial charge in [-0.1, -0.05) is 36.4 Å². The normalized spacial score (nSPS) is 17.6. The van der Waals surface area contributed by atoms with E-state index in [1.807, 2.05) is 24.3 Å². The van der Waals surface area contributed by atoms with E-state index in [9.17, 15) is 5.11 Å². The predicted molar refractivity (Wildman–Crippen MR) is 107 cm³/mol. The highest BCUT2D eigenvalue weighted by Gasteiger charge is 2.19. The molecule has 2 aromatic rings. The zero-order valence-corrected chi connectivity index (χ0v) is 15.4. The molecule has 0 saturated carbocycles. The number of nitrogens with zero attached hydrogens (tertiary/aromatic N) is 2. The first-order valence-corrected chi connectivity index (χ1v) is 9.52. The van der Waals surface area contributed by atoms with Crippen molar-refractivity contribution in [3.8, 4) is 5.75 Å². The maximum absolute atomic E-state index is 10.5. The van der Waals surface area contributed by atoms with E-state index >= 15 is 0 Å². The van der Waals surface area contributed by atoms with Crippen LogP contribution in [0, 0.1) is 0 Å². The van der Waals surface area contributed by atoms with E-state index in [2.05, 4.69) is 44.8 Å². The number of rotatable bonds is 6. The third-order valence-corrected chi connectivity index (χ3v) is 4.92. The molecule has 4 rings (SSSR count). The highest BCUT2D eigenvalue weighted by molar-refractivity contribution is 5.95. The van der Waals surface area contributed by atoms with E-state index in [1.165, 1.54) is 11.1 Å². The Kier molecular flexibility index (Phi) is 5.55. The number of guanidine groups is 1. The van der Waals surface area contributed by atoms with Gasteiger partial charge in [0.15, 0.2) is 5.96 Å². The van der Waals surface area contributed by atoms with Crippen LogP contribution in [0.1, 0.15) is 11.1 Å². The fourth-order valence-corrected chi connectivity index (χ4v) is 3.55. The van der Waals surface area contributed by atoms with Crippen LogP contribution in [0.15, 0.2) is 53.5 Å². The van der Waals surface area contributed by atoms with Crippen molar-refractivity contribution in [1.29, 1.82) is 0 Å². The molecule has 0 spiro atoms. The molecule has 2 heterocycles. The summed E-state index contributed by atoms with van der Waals surface area (Å²) in [6.45, 7) is 4.36. The number of fused-ring (bicyclic) bond motifs is 1. The fraction of sp³-hybridized carbons (Fsp3) is 0.381. The summed E-state index contributed by atoms with van der Waals surface area (Å²) in [6.07, 6.45) is 0.497. The van der Waals surface area contributed by atoms with Crippen LogP contribution >= 0.6 is 0 Å². The number of ether oxygens (including phenoxy) is 1. The minimum Gasteiger partial charge on any atom is -0.489 e. The third kappa shape index (κ3) is 4.59. The predicted octanol–water partition coefficient (Wildman–Crippen LogP) is 1.86. The van der Waals surface area contributed by atoms with Gasteiger partial charge in [-0.3, -0.25) is 9.89 Å². The number of para-hydroxylation sites is 2. The van der Waals surface area contributed by atoms with E-state index < -0.39 is 6.10 Å². The monoisotopic (exact) mass is 366 g/mol. The van der Waals surface area contributed by atoms with Crippen molar-refractivity contribution in [3.63, 3.8) is 0 Å². The number of nitrogens with one attached hydrogen (secondary N) is 2. The molecule has 0 fully saturated rings. The van der Waals surface area contributed by atoms with E-state index in [4.69, 9.17) is 4.74 Å². The number of β-amino-alcohol motifs (C(OH)–C–C–N with tert-alkyl or cyclic N) is 1. The minimum absolute atomic E-state index is 0.261. The molecule has 2 aromatic carbocycles. The van der Waals surface area contributed by atoms with Gasteiger partial charge in [0, 0.05) is 26.2 Å². The minimum atomic E-state index is -0.537. The lowest BCUT2D eigenvalue weighted by Gasteiger charge is -2.30. The highest BCUT2D eigenvalue weighted by atomic mass is 16.5. The Morgan fingerprint density at radius 1 is 1.15 bits per heavy atom. The molecule has 0 aromatic heterocycles. The molecule has 0 bridgehead atoms. The Morgan fingerprint density at radius 2 is 1.96 bits per heavy atom. The maximum atomic E-state index is 10.5. The first-order chi connectivity index (χ1) is 13.3. The number of aliphatic hydroxyl groups excluding tert-OH is 1. The van der Waals surface area contributed by atoms with Gasteiger partial charge in [0.2, 0.25) is 0 Å². The summed E-state index contributed by atoms with van der Waals surface area (Å²) in [5, 5.41) is 16.9. The first-order valence-electron chi connectivity index (χ1n) is 9.52. The van der Waals surface area contributed by atoms with Crippen molar-refractivity contribution in [1.82, 2.24) is 10.2 Å². The molecule has 3 N–H and O–H groups in total. The van der Waals surface area contributed by atoms with E-state index in [0.717, 1.165) is 50.0 Å². The van der Waals surface area contributed by atoms with Crippen molar-refractivity contribution >= 4 is 11.6 Å². The molecule has 27 heavy (non-hydrogen) atoms. The standard InChI is InChI=1S/C21H26N4O2/c26-18(14-25-12-9-16-5-1-2-6-17(16)13-25)15-27-20-8-4-3-7-19(20)24-21-22-10-11-23-21/h1-8,18,26H,9-15H2,(H2,22,23,24). The Hall–Kier alpha value is -2.57. The molecule has 2 aliphatic heterocycles. The van der Waals surface area contributed by atoms with Crippen molar-refractivity contribution in [2.45, 2.75) is 19.1 Å². The quantitative estimate of drug-likeness (QED) is 0.728. The molecule has 1 unspecified atom stereocenters. The van der Waals surface area contributed by atoms with Crippen LogP contribution < -0.4 is 15.4 Å². The second-order valence-electron chi connectivity index (χ2n) is 7.00. The number of aliphatic imine (C=N–C) groups is 1. The number of hydrogen-bond donors (Lipinski definition) is 3. The van der Waals surface area contributed by atoms with Gasteiger partial charge >= 0.3 is 0 Å². The molecule has 142 valence electrons. The first kappa shape index (κ1) is 17.8. The molecule has 6 nitrogen and oxygen atoms in total. The second kappa shape index (κ2) is 8.41. The van der Waals surface area contributed by atoms with Crippen LogP contribution in [0.2, 0.25) is 0 Å². The molecule has 1 atom stereocenters. The molecule has 0 aliphatic carbocycles. The molecule has 2 aliphatic rings. The number of anilines is 1. The molecule has 6 heteroatoms. The Morgan fingerprint density at radius 3 is 2.81 bits per heavy atom. The van der Waals surface area contributed by atoms with Gasteiger partial charge in [0.05, 0.1) is 12.2 Å². The van der Waals surface area contributed by atoms with Gasteiger partial charge in [-0.05, 0) is 29.7 Å². The molecular formula is C21H26N4O2. The molecule has 0 amide bonds. The topological polar surface area (TPSA) is 69.1 Å². The summed E-state index contributed by atoms with van der Waals surface area (Å²) in [7, 11) is 0. The summed E-state index contributed by atoms with van der Waals surface area (Å²) in [4.78, 5) is 6.64. The van der Waals surface area contributed by atoms with E-state index in [0.29, 0.717) is 6.54 Å². The summed E-state index contributed by atoms with van der Waals surface area (Å²) < 4.78 is 5.90. The summed E-state index contributed by atoms with van der Waals surface area (Å²) in [5.41, 5.74) is 3.63. The Balaban J connectivity index is 1.30. The van der Waals surface area contributed by atoms with Gasteiger partial charge in [0.25, 0.3) is 0 Å². The van der Waals surface area contributed by atoms with Crippen molar-refractivity contribution in [2.24, 2.45) is 4.99 Å². The average Bonchev–Trinajstić information content (AvgIpc) is 3.20. The smallest absolute Gasteiger partial charge is 0.196 e. The maximum Gasteiger partial charge on any atom is 0.196 e. The summed E-state index contributed by atoms with van der Waals surface area (Å²) >= 11 is 0. The lowest BCUT2D eigenvalue weighted by Crippen LogP contribution is -2.38. The number of benzene rings is 2. The highest BCUT2D eigenvalue weighted by Crippen LogP contribution is 2.24. The van der Waals surface area contributed by atoms with Crippen molar-refractivity contribution in [3.05, 3.63) is 59.7 Å². The van der Waals surface area contributed by atoms with Crippen LogP contribution in [-0.2, 0) is 13.0 Å². The van der Waals surface area contributed by atoms with Crippen LogP contribution in [0.5, 0.6) is 5.75 Å². The van der Waals surface area contributed by atoms with Gasteiger partial charge in [0.1, 0.15) is 18.5 Å². The largest absolute Gasteiger partial charge is 0.489 e. The van der Waals surface area contributed by atoms with Crippen molar-refractivity contribution < 1.29 is 9.84 Å². The fourth-order valence-electron chi connectivity index (χ4n) is 3.55. The van der Waals surface area contributed by atoms with Gasteiger partial charge in [-0.25, -0.2) is 0 Å². The lowest BCUT2D eigenvalue weighted by molar-refractivity contribution is 0.0640. The van der Waals surface area contributed by atoms with Crippen LogP contribution in [0.3, 0.4) is 0 Å². The van der Waals surface area contributed by atoms with Gasteiger partial charge in [-0.15, -0.1) is 0 Å². The van der Waals surface area contributed by atoms with Gasteiger partial charge < -0.3 is 20.5 Å². The van der Waals surface area contributed by atoms with Crippen LogP contribution in [0.25, 0.3) is 0 Å². The molecule has 0 radical (unpaired) electrons. The van der Waals surface area contributed by atoms with Crippen LogP contribution in [-0.4, -0.2) is 54.9 Å². The summed E-state index contributed by atoms with van der Waals surface area (Å²) in [6, 6.07) is 16.3. The zero-order valence-electron chi connectivity index (χ0n) is 15.4. The SMILES string of the molecule is OC(COc1ccccc1NC1=NCCN1)CN1CCc2ccccc2C1. The van der Waals surface area contributed by atoms with Crippen LogP contribution in [0.4, 0.5) is 5.69 Å². The van der Waals surface area contributed by atoms with Gasteiger partial charge in [-0.2, -0.15) is 0 Å². The van der Waals surface area contributed by atoms with Crippen molar-refractivity contribution in [2.75, 3.05) is 38.1 Å². The second-order valence-corrected chi connectivity index (χ2v) is 7.00. The molecular weight excluding hydrogens is 340 g/mol. The lowest BCUT2D eigenvalue weighted by atomic mass is 10.00. The summed E-state index contributed by atoms with van der Waals surface area (Å²) in [5.74, 6) is 1.48. The molecule has 0 saturated heterocycles. The Labute approximate surface area is 159 Å². The van der Waals surface area contributed by atoms with E-state index in [1.54, 1.807) is 0 Å². The van der Waals surface area contributed by atoms with E-state index in [-0.39, 0.29) is 6.61 Å². The zero-order chi connectivity index (χ0) is 18.5. The number of hydrogen-bond acceptors (Lipinski definition) is 6. The Bertz CT molecular complexity index is 808. The number of aliphatic hydroxyl groups is 1. The third-order valence-electron chi connectivity index (χ3n) is 4.92. The average molecular weight is 366 g/mol.